The van der Waals surface area contributed by atoms with Gasteiger partial charge >= 0.3 is 5.97 Å². The Kier molecular flexibility index (Phi) is 7.27. The summed E-state index contributed by atoms with van der Waals surface area (Å²) in [6.45, 7) is 8.04. The number of carbonyl (C=O) groups excluding carboxylic acids is 2. The van der Waals surface area contributed by atoms with Crippen molar-refractivity contribution in [2.24, 2.45) is 5.41 Å². The lowest BCUT2D eigenvalue weighted by molar-refractivity contribution is -0.137. The molecule has 0 fully saturated rings. The van der Waals surface area contributed by atoms with Crippen molar-refractivity contribution in [2.75, 3.05) is 13.2 Å². The van der Waals surface area contributed by atoms with Crippen LogP contribution in [0, 0.1) is 5.41 Å². The molecule has 5 heteroatoms. The van der Waals surface area contributed by atoms with Gasteiger partial charge in [0.05, 0.1) is 12.7 Å². The van der Waals surface area contributed by atoms with E-state index in [-0.39, 0.29) is 17.9 Å². The molecule has 0 radical (unpaired) electrons. The van der Waals surface area contributed by atoms with E-state index in [1.807, 2.05) is 13.8 Å². The van der Waals surface area contributed by atoms with Gasteiger partial charge in [0.2, 0.25) is 5.91 Å². The van der Waals surface area contributed by atoms with Crippen LogP contribution in [0.3, 0.4) is 0 Å². The molecule has 0 heterocycles. The van der Waals surface area contributed by atoms with Crippen molar-refractivity contribution in [2.45, 2.75) is 40.2 Å². The van der Waals surface area contributed by atoms with Crippen molar-refractivity contribution < 1.29 is 19.4 Å². The number of rotatable bonds is 7. The third-order valence-corrected chi connectivity index (χ3v) is 2.25. The van der Waals surface area contributed by atoms with Crippen molar-refractivity contribution in [3.63, 3.8) is 0 Å². The Morgan fingerprint density at radius 3 is 2.50 bits per heavy atom. The second-order valence-electron chi connectivity index (χ2n) is 5.02. The van der Waals surface area contributed by atoms with Crippen LogP contribution < -0.4 is 5.32 Å². The fourth-order valence-corrected chi connectivity index (χ4v) is 1.59. The maximum absolute atomic E-state index is 11.4. The lowest BCUT2D eigenvalue weighted by Gasteiger charge is -2.25. The zero-order valence-corrected chi connectivity index (χ0v) is 11.5. The van der Waals surface area contributed by atoms with E-state index in [4.69, 9.17) is 0 Å². The predicted octanol–water partition coefficient (Wildman–Crippen LogP) is 1.02. The molecular weight excluding hydrogens is 234 g/mol. The fraction of sp³-hybridized carbons (Fsp3) is 0.692. The second-order valence-corrected chi connectivity index (χ2v) is 5.02. The first-order chi connectivity index (χ1) is 8.26. The van der Waals surface area contributed by atoms with Gasteiger partial charge in [-0.15, -0.1) is 0 Å². The first kappa shape index (κ1) is 16.6. The van der Waals surface area contributed by atoms with Gasteiger partial charge in [-0.2, -0.15) is 0 Å². The Bertz CT molecular complexity index is 308. The highest BCUT2D eigenvalue weighted by molar-refractivity contribution is 5.94. The molecular formula is C13H23NO4. The predicted molar refractivity (Wildman–Crippen MR) is 68.9 cm³/mol. The Morgan fingerprint density at radius 2 is 2.00 bits per heavy atom. The highest BCUT2D eigenvalue weighted by Gasteiger charge is 2.20. The topological polar surface area (TPSA) is 75.6 Å². The van der Waals surface area contributed by atoms with Crippen LogP contribution in [0.2, 0.25) is 0 Å². The summed E-state index contributed by atoms with van der Waals surface area (Å²) in [4.78, 5) is 22.4. The van der Waals surface area contributed by atoms with Gasteiger partial charge in [-0.1, -0.05) is 13.8 Å². The number of hydrogen-bond acceptors (Lipinski definition) is 4. The Morgan fingerprint density at radius 1 is 1.39 bits per heavy atom. The van der Waals surface area contributed by atoms with E-state index in [1.54, 1.807) is 13.8 Å². The molecule has 0 saturated carbocycles. The Labute approximate surface area is 108 Å². The highest BCUT2D eigenvalue weighted by atomic mass is 16.5. The third kappa shape index (κ3) is 8.75. The Hall–Kier alpha value is -1.36. The lowest BCUT2D eigenvalue weighted by Crippen LogP contribution is -2.34. The minimum Gasteiger partial charge on any atom is -0.463 e. The fourth-order valence-electron chi connectivity index (χ4n) is 1.59. The van der Waals surface area contributed by atoms with Gasteiger partial charge in [0.1, 0.15) is 0 Å². The number of aliphatic hydroxyl groups is 1. The van der Waals surface area contributed by atoms with Crippen LogP contribution >= 0.6 is 0 Å². The molecule has 1 unspecified atom stereocenters. The summed E-state index contributed by atoms with van der Waals surface area (Å²) >= 11 is 0. The molecule has 5 nitrogen and oxygen atoms in total. The van der Waals surface area contributed by atoms with E-state index in [0.29, 0.717) is 13.0 Å². The molecule has 18 heavy (non-hydrogen) atoms. The molecule has 2 N–H and O–H groups in total. The smallest absolute Gasteiger partial charge is 0.330 e. The molecule has 0 spiro atoms. The van der Waals surface area contributed by atoms with Crippen LogP contribution in [-0.4, -0.2) is 36.2 Å². The van der Waals surface area contributed by atoms with Crippen LogP contribution in [0.5, 0.6) is 0 Å². The van der Waals surface area contributed by atoms with Crippen molar-refractivity contribution >= 4 is 11.9 Å². The summed E-state index contributed by atoms with van der Waals surface area (Å²) in [5.41, 5.74) is -0.193. The standard InChI is InChI=1S/C13H23NO4/c1-5-18-12(17)7-6-11(16)14-9-13(3,4)8-10(2)15/h6-7,10,15H,5,8-9H2,1-4H3,(H,14,16)/b7-6+. The van der Waals surface area contributed by atoms with Crippen molar-refractivity contribution in [1.29, 1.82) is 0 Å². The van der Waals surface area contributed by atoms with Crippen LogP contribution in [0.1, 0.15) is 34.1 Å². The summed E-state index contributed by atoms with van der Waals surface area (Å²) in [5, 5.41) is 12.0. The van der Waals surface area contributed by atoms with E-state index < -0.39 is 12.1 Å². The van der Waals surface area contributed by atoms with Crippen molar-refractivity contribution in [3.05, 3.63) is 12.2 Å². The molecule has 0 aromatic heterocycles. The van der Waals surface area contributed by atoms with Crippen LogP contribution in [-0.2, 0) is 14.3 Å². The molecule has 0 saturated heterocycles. The number of esters is 1. The van der Waals surface area contributed by atoms with Crippen LogP contribution in [0.4, 0.5) is 0 Å². The third-order valence-electron chi connectivity index (χ3n) is 2.25. The molecule has 1 amide bonds. The maximum Gasteiger partial charge on any atom is 0.330 e. The monoisotopic (exact) mass is 257 g/mol. The van der Waals surface area contributed by atoms with Gasteiger partial charge in [-0.3, -0.25) is 4.79 Å². The van der Waals surface area contributed by atoms with Gasteiger partial charge in [0, 0.05) is 18.7 Å². The Balaban J connectivity index is 4.07. The molecule has 0 rings (SSSR count). The van der Waals surface area contributed by atoms with E-state index >= 15 is 0 Å². The molecule has 0 bridgehead atoms. The number of aliphatic hydroxyl groups excluding tert-OH is 1. The number of carbonyl (C=O) groups is 2. The maximum atomic E-state index is 11.4. The molecule has 0 aliphatic carbocycles. The summed E-state index contributed by atoms with van der Waals surface area (Å²) in [5.74, 6) is -0.877. The molecule has 0 aromatic carbocycles. The molecule has 1 atom stereocenters. The zero-order chi connectivity index (χ0) is 14.2. The summed E-state index contributed by atoms with van der Waals surface area (Å²) in [6.07, 6.45) is 2.43. The van der Waals surface area contributed by atoms with Crippen LogP contribution in [0.25, 0.3) is 0 Å². The second kappa shape index (κ2) is 7.87. The first-order valence-corrected chi connectivity index (χ1v) is 6.07. The van der Waals surface area contributed by atoms with Gasteiger partial charge in [-0.25, -0.2) is 4.79 Å². The molecule has 104 valence electrons. The molecule has 0 aromatic rings. The number of hydrogen-bond donors (Lipinski definition) is 2. The van der Waals surface area contributed by atoms with E-state index in [2.05, 4.69) is 10.1 Å². The van der Waals surface area contributed by atoms with Crippen molar-refractivity contribution in [1.82, 2.24) is 5.32 Å². The van der Waals surface area contributed by atoms with E-state index in [1.165, 1.54) is 0 Å². The highest BCUT2D eigenvalue weighted by Crippen LogP contribution is 2.20. The van der Waals surface area contributed by atoms with E-state index in [9.17, 15) is 14.7 Å². The average Bonchev–Trinajstić information content (AvgIpc) is 2.22. The minimum absolute atomic E-state index is 0.193. The molecule has 0 aliphatic heterocycles. The minimum atomic E-state index is -0.532. The van der Waals surface area contributed by atoms with Gasteiger partial charge in [0.25, 0.3) is 0 Å². The van der Waals surface area contributed by atoms with Gasteiger partial charge in [-0.05, 0) is 25.7 Å². The van der Waals surface area contributed by atoms with E-state index in [0.717, 1.165) is 12.2 Å². The largest absolute Gasteiger partial charge is 0.463 e. The summed E-state index contributed by atoms with van der Waals surface area (Å²) < 4.78 is 4.65. The SMILES string of the molecule is CCOC(=O)/C=C/C(=O)NCC(C)(C)CC(C)O. The lowest BCUT2D eigenvalue weighted by atomic mass is 9.87. The quantitative estimate of drug-likeness (QED) is 0.527. The first-order valence-electron chi connectivity index (χ1n) is 6.07. The normalized spacial score (nSPS) is 13.4. The number of ether oxygens (including phenoxy) is 1. The average molecular weight is 257 g/mol. The van der Waals surface area contributed by atoms with Crippen LogP contribution in [0.15, 0.2) is 12.2 Å². The molecule has 0 aliphatic rings. The summed E-state index contributed by atoms with van der Waals surface area (Å²) in [6, 6.07) is 0. The number of amides is 1. The number of nitrogens with one attached hydrogen (secondary N) is 1. The van der Waals surface area contributed by atoms with Gasteiger partial charge < -0.3 is 15.2 Å². The van der Waals surface area contributed by atoms with Gasteiger partial charge in [0.15, 0.2) is 0 Å². The zero-order valence-electron chi connectivity index (χ0n) is 11.5. The van der Waals surface area contributed by atoms with Crippen molar-refractivity contribution in [3.8, 4) is 0 Å². The summed E-state index contributed by atoms with van der Waals surface area (Å²) in [7, 11) is 0.